The Balaban J connectivity index is 1.29. The molecule has 2 unspecified atom stereocenters. The van der Waals surface area contributed by atoms with Gasteiger partial charge in [0.2, 0.25) is 11.9 Å². The number of hydrogen-bond donors (Lipinski definition) is 3. The smallest absolute Gasteiger partial charge is 0.312 e. The van der Waals surface area contributed by atoms with Crippen molar-refractivity contribution in [2.45, 2.75) is 57.7 Å². The highest BCUT2D eigenvalue weighted by molar-refractivity contribution is 5.77. The van der Waals surface area contributed by atoms with Crippen LogP contribution >= 0.6 is 0 Å². The molecule has 4 bridgehead atoms. The number of nitrogens with one attached hydrogen (secondary N) is 1. The Labute approximate surface area is 175 Å². The number of carbonyl (C=O) groups excluding carboxylic acids is 1. The summed E-state index contributed by atoms with van der Waals surface area (Å²) in [5, 5.41) is 14.0. The van der Waals surface area contributed by atoms with E-state index in [2.05, 4.69) is 20.3 Å². The number of nitrogens with two attached hydrogens (primary N) is 1. The minimum Gasteiger partial charge on any atom is -0.457 e. The van der Waals surface area contributed by atoms with Crippen molar-refractivity contribution < 1.29 is 14.6 Å². The van der Waals surface area contributed by atoms with Crippen molar-refractivity contribution in [3.05, 3.63) is 35.7 Å². The summed E-state index contributed by atoms with van der Waals surface area (Å²) in [5.74, 6) is 1.27. The first-order valence-corrected chi connectivity index (χ1v) is 10.6. The summed E-state index contributed by atoms with van der Waals surface area (Å²) >= 11 is 0. The highest BCUT2D eigenvalue weighted by atomic mass is 16.5. The maximum Gasteiger partial charge on any atom is 0.312 e. The Kier molecular flexibility index (Phi) is 4.43. The zero-order valence-electron chi connectivity index (χ0n) is 17.1. The number of anilines is 3. The summed E-state index contributed by atoms with van der Waals surface area (Å²) in [6, 6.07) is 7.78. The number of benzene rings is 1. The standard InChI is InChI=1S/C22H27N5O3/c1-13-4-2-3-5-16(13)24-20-26-17(25-19(23)27-20)11-30-18(28)21-7-14-6-15(8-21)10-22(29,9-14)12-21/h2-5,14-15,29H,6-12H2,1H3,(H3,23,24,25,26,27)/t14-,15+,21?,22?. The van der Waals surface area contributed by atoms with E-state index >= 15 is 0 Å². The van der Waals surface area contributed by atoms with Crippen LogP contribution in [-0.4, -0.2) is 31.6 Å². The third-order valence-electron chi connectivity index (χ3n) is 6.89. The zero-order chi connectivity index (χ0) is 20.9. The van der Waals surface area contributed by atoms with Crippen molar-refractivity contribution >= 4 is 23.6 Å². The summed E-state index contributed by atoms with van der Waals surface area (Å²) in [5.41, 5.74) is 6.49. The number of nitrogens with zero attached hydrogens (tertiary/aromatic N) is 3. The van der Waals surface area contributed by atoms with Crippen molar-refractivity contribution in [1.29, 1.82) is 0 Å². The summed E-state index contributed by atoms with van der Waals surface area (Å²) in [7, 11) is 0. The van der Waals surface area contributed by atoms with Crippen molar-refractivity contribution in [2.75, 3.05) is 11.1 Å². The van der Waals surface area contributed by atoms with Crippen LogP contribution in [-0.2, 0) is 16.1 Å². The number of aryl methyl sites for hydroxylation is 1. The fourth-order valence-corrected chi connectivity index (χ4v) is 6.13. The lowest BCUT2D eigenvalue weighted by Gasteiger charge is -2.58. The van der Waals surface area contributed by atoms with E-state index in [0.717, 1.165) is 43.4 Å². The van der Waals surface area contributed by atoms with Crippen molar-refractivity contribution in [3.8, 4) is 0 Å². The molecule has 4 N–H and O–H groups in total. The highest BCUT2D eigenvalue weighted by Crippen LogP contribution is 2.62. The summed E-state index contributed by atoms with van der Waals surface area (Å²) < 4.78 is 5.66. The quantitative estimate of drug-likeness (QED) is 0.644. The van der Waals surface area contributed by atoms with Gasteiger partial charge < -0.3 is 20.9 Å². The predicted octanol–water partition coefficient (Wildman–Crippen LogP) is 2.88. The van der Waals surface area contributed by atoms with Crippen molar-refractivity contribution in [2.24, 2.45) is 17.3 Å². The molecule has 1 aromatic carbocycles. The number of esters is 1. The third-order valence-corrected chi connectivity index (χ3v) is 6.89. The van der Waals surface area contributed by atoms with Gasteiger partial charge in [-0.2, -0.15) is 15.0 Å². The molecular weight excluding hydrogens is 382 g/mol. The van der Waals surface area contributed by atoms with E-state index in [1.54, 1.807) is 0 Å². The normalized spacial score (nSPS) is 31.5. The third kappa shape index (κ3) is 3.49. The second-order valence-electron chi connectivity index (χ2n) is 9.42. The van der Waals surface area contributed by atoms with Crippen LogP contribution in [0.5, 0.6) is 0 Å². The topological polar surface area (TPSA) is 123 Å². The minimum atomic E-state index is -0.703. The van der Waals surface area contributed by atoms with Gasteiger partial charge in [-0.1, -0.05) is 18.2 Å². The molecule has 158 valence electrons. The number of aromatic nitrogens is 3. The molecule has 6 rings (SSSR count). The number of ether oxygens (including phenoxy) is 1. The Hall–Kier alpha value is -2.74. The lowest BCUT2D eigenvalue weighted by atomic mass is 9.48. The van der Waals surface area contributed by atoms with Crippen LogP contribution in [0, 0.1) is 24.2 Å². The fraction of sp³-hybridized carbons (Fsp3) is 0.545. The number of rotatable bonds is 5. The fourth-order valence-electron chi connectivity index (χ4n) is 6.13. The van der Waals surface area contributed by atoms with E-state index in [1.807, 2.05) is 31.2 Å². The molecule has 0 saturated heterocycles. The number of aliphatic hydroxyl groups is 1. The molecule has 4 atom stereocenters. The molecule has 4 saturated carbocycles. The van der Waals surface area contributed by atoms with Gasteiger partial charge in [-0.15, -0.1) is 0 Å². The second kappa shape index (κ2) is 6.91. The molecule has 1 heterocycles. The molecule has 2 aromatic rings. The van der Waals surface area contributed by atoms with Crippen molar-refractivity contribution in [1.82, 2.24) is 15.0 Å². The lowest BCUT2D eigenvalue weighted by Crippen LogP contribution is -2.58. The Morgan fingerprint density at radius 1 is 1.20 bits per heavy atom. The van der Waals surface area contributed by atoms with E-state index in [-0.39, 0.29) is 18.5 Å². The monoisotopic (exact) mass is 409 g/mol. The molecule has 0 amide bonds. The van der Waals surface area contributed by atoms with E-state index in [4.69, 9.17) is 10.5 Å². The molecule has 4 aliphatic rings. The lowest BCUT2D eigenvalue weighted by molar-refractivity contribution is -0.197. The highest BCUT2D eigenvalue weighted by Gasteiger charge is 2.60. The van der Waals surface area contributed by atoms with E-state index in [0.29, 0.717) is 30.0 Å². The summed E-state index contributed by atoms with van der Waals surface area (Å²) in [6.07, 6.45) is 4.88. The zero-order valence-corrected chi connectivity index (χ0v) is 17.1. The van der Waals surface area contributed by atoms with E-state index in [9.17, 15) is 9.90 Å². The van der Waals surface area contributed by atoms with Crippen LogP contribution in [0.15, 0.2) is 24.3 Å². The van der Waals surface area contributed by atoms with E-state index in [1.165, 1.54) is 0 Å². The van der Waals surface area contributed by atoms with Gasteiger partial charge in [0.1, 0.15) is 0 Å². The summed E-state index contributed by atoms with van der Waals surface area (Å²) in [6.45, 7) is 1.92. The van der Waals surface area contributed by atoms with Gasteiger partial charge in [-0.25, -0.2) is 0 Å². The number of para-hydroxylation sites is 1. The molecule has 0 aliphatic heterocycles. The van der Waals surface area contributed by atoms with Gasteiger partial charge in [-0.3, -0.25) is 4.79 Å². The molecular formula is C22H27N5O3. The van der Waals surface area contributed by atoms with Gasteiger partial charge in [0.05, 0.1) is 11.0 Å². The molecule has 0 radical (unpaired) electrons. The molecule has 30 heavy (non-hydrogen) atoms. The molecule has 1 aromatic heterocycles. The van der Waals surface area contributed by atoms with E-state index < -0.39 is 11.0 Å². The van der Waals surface area contributed by atoms with Crippen LogP contribution in [0.3, 0.4) is 0 Å². The van der Waals surface area contributed by atoms with Gasteiger partial charge in [0.15, 0.2) is 12.4 Å². The molecule has 4 fully saturated rings. The van der Waals surface area contributed by atoms with Crippen molar-refractivity contribution in [3.63, 3.8) is 0 Å². The first-order valence-electron chi connectivity index (χ1n) is 10.6. The molecule has 8 nitrogen and oxygen atoms in total. The number of carbonyl (C=O) groups is 1. The Bertz CT molecular complexity index is 980. The first-order chi connectivity index (χ1) is 14.3. The maximum absolute atomic E-state index is 13.1. The van der Waals surface area contributed by atoms with Crippen LogP contribution < -0.4 is 11.1 Å². The van der Waals surface area contributed by atoms with Gasteiger partial charge in [-0.05, 0) is 68.9 Å². The number of hydrogen-bond acceptors (Lipinski definition) is 8. The van der Waals surface area contributed by atoms with Gasteiger partial charge in [0, 0.05) is 5.69 Å². The Morgan fingerprint density at radius 3 is 2.63 bits per heavy atom. The van der Waals surface area contributed by atoms with Gasteiger partial charge >= 0.3 is 5.97 Å². The minimum absolute atomic E-state index is 0.0660. The van der Waals surface area contributed by atoms with Crippen LogP contribution in [0.4, 0.5) is 17.6 Å². The summed E-state index contributed by atoms with van der Waals surface area (Å²) in [4.78, 5) is 25.7. The van der Waals surface area contributed by atoms with Crippen LogP contribution in [0.25, 0.3) is 0 Å². The van der Waals surface area contributed by atoms with Gasteiger partial charge in [0.25, 0.3) is 0 Å². The molecule has 0 spiro atoms. The van der Waals surface area contributed by atoms with Crippen LogP contribution in [0.1, 0.15) is 49.9 Å². The maximum atomic E-state index is 13.1. The Morgan fingerprint density at radius 2 is 1.93 bits per heavy atom. The van der Waals surface area contributed by atoms with Crippen LogP contribution in [0.2, 0.25) is 0 Å². The molecule has 4 aliphatic carbocycles. The second-order valence-corrected chi connectivity index (χ2v) is 9.42. The predicted molar refractivity (Wildman–Crippen MR) is 111 cm³/mol. The average molecular weight is 409 g/mol. The largest absolute Gasteiger partial charge is 0.457 e. The average Bonchev–Trinajstić information content (AvgIpc) is 2.65. The SMILES string of the molecule is Cc1ccccc1Nc1nc(N)nc(COC(=O)C23C[C@@H]4C[C@@H](CC(O)(C4)C2)C3)n1. The number of nitrogen functional groups attached to an aromatic ring is 1. The molecule has 8 heteroatoms. The first kappa shape index (κ1) is 19.2.